The summed E-state index contributed by atoms with van der Waals surface area (Å²) in [5.74, 6) is 2.59. The standard InChI is InChI=1S/C22H38N6O/c1-4-23-22(24-16-18(2)17-27-12-14-29-15-13-27)26-20-8-10-28(11-9-20)21-7-5-6-19(3)25-21/h5-7,18,20H,4,8-17H2,1-3H3,(H2,23,24,26). The minimum Gasteiger partial charge on any atom is -0.379 e. The van der Waals surface area contributed by atoms with Gasteiger partial charge in [0.15, 0.2) is 5.96 Å². The molecule has 1 unspecified atom stereocenters. The van der Waals surface area contributed by atoms with Gasteiger partial charge in [0.25, 0.3) is 0 Å². The summed E-state index contributed by atoms with van der Waals surface area (Å²) < 4.78 is 5.44. The van der Waals surface area contributed by atoms with Crippen LogP contribution in [0.15, 0.2) is 23.2 Å². The lowest BCUT2D eigenvalue weighted by molar-refractivity contribution is 0.0323. The Bertz CT molecular complexity index is 638. The molecule has 3 rings (SSSR count). The Hall–Kier alpha value is -1.86. The van der Waals surface area contributed by atoms with E-state index < -0.39 is 0 Å². The van der Waals surface area contributed by atoms with Crippen molar-refractivity contribution in [1.29, 1.82) is 0 Å². The molecular weight excluding hydrogens is 364 g/mol. The van der Waals surface area contributed by atoms with Crippen LogP contribution in [-0.4, -0.2) is 80.9 Å². The SMILES string of the molecule is CCNC(=NCC(C)CN1CCOCC1)NC1CCN(c2cccc(C)n2)CC1. The zero-order chi connectivity index (χ0) is 20.5. The van der Waals surface area contributed by atoms with Gasteiger partial charge in [0, 0.05) is 57.5 Å². The summed E-state index contributed by atoms with van der Waals surface area (Å²) in [7, 11) is 0. The summed E-state index contributed by atoms with van der Waals surface area (Å²) in [5.41, 5.74) is 1.08. The van der Waals surface area contributed by atoms with Gasteiger partial charge in [-0.25, -0.2) is 4.98 Å². The maximum atomic E-state index is 5.44. The molecule has 7 heteroatoms. The van der Waals surface area contributed by atoms with Crippen molar-refractivity contribution < 1.29 is 4.74 Å². The number of pyridine rings is 1. The summed E-state index contributed by atoms with van der Waals surface area (Å²) >= 11 is 0. The highest BCUT2D eigenvalue weighted by atomic mass is 16.5. The van der Waals surface area contributed by atoms with E-state index in [2.05, 4.69) is 64.4 Å². The summed E-state index contributed by atoms with van der Waals surface area (Å²) in [4.78, 5) is 14.4. The van der Waals surface area contributed by atoms with E-state index >= 15 is 0 Å². The monoisotopic (exact) mass is 402 g/mol. The second-order valence-electron chi connectivity index (χ2n) is 8.28. The molecule has 2 aliphatic heterocycles. The number of rotatable bonds is 7. The van der Waals surface area contributed by atoms with Gasteiger partial charge in [-0.15, -0.1) is 0 Å². The summed E-state index contributed by atoms with van der Waals surface area (Å²) in [5, 5.41) is 7.08. The Labute approximate surface area is 175 Å². The van der Waals surface area contributed by atoms with Gasteiger partial charge in [-0.05, 0) is 44.7 Å². The molecule has 0 aliphatic carbocycles. The molecule has 0 radical (unpaired) electrons. The number of ether oxygens (including phenoxy) is 1. The van der Waals surface area contributed by atoms with Gasteiger partial charge in [0.2, 0.25) is 0 Å². The quantitative estimate of drug-likeness (QED) is 0.536. The van der Waals surface area contributed by atoms with Gasteiger partial charge < -0.3 is 20.3 Å². The molecule has 2 fully saturated rings. The van der Waals surface area contributed by atoms with Crippen molar-refractivity contribution in [3.05, 3.63) is 23.9 Å². The average Bonchev–Trinajstić information content (AvgIpc) is 2.73. The number of aliphatic imine (C=N–C) groups is 1. The van der Waals surface area contributed by atoms with Crippen LogP contribution in [0.5, 0.6) is 0 Å². The second kappa shape index (κ2) is 11.4. The summed E-state index contributed by atoms with van der Waals surface area (Å²) in [6.45, 7) is 15.1. The van der Waals surface area contributed by atoms with E-state index in [4.69, 9.17) is 9.73 Å². The number of hydrogen-bond acceptors (Lipinski definition) is 5. The van der Waals surface area contributed by atoms with Crippen LogP contribution in [0.2, 0.25) is 0 Å². The molecule has 1 aromatic heterocycles. The maximum absolute atomic E-state index is 5.44. The third-order valence-electron chi connectivity index (χ3n) is 5.61. The van der Waals surface area contributed by atoms with Crippen molar-refractivity contribution in [3.63, 3.8) is 0 Å². The van der Waals surface area contributed by atoms with Crippen LogP contribution in [0.4, 0.5) is 5.82 Å². The first-order valence-corrected chi connectivity index (χ1v) is 11.2. The van der Waals surface area contributed by atoms with Crippen LogP contribution in [0.1, 0.15) is 32.4 Å². The maximum Gasteiger partial charge on any atom is 0.191 e. The number of anilines is 1. The Morgan fingerprint density at radius 2 is 2.00 bits per heavy atom. The van der Waals surface area contributed by atoms with Gasteiger partial charge in [-0.2, -0.15) is 0 Å². The van der Waals surface area contributed by atoms with Crippen molar-refractivity contribution >= 4 is 11.8 Å². The molecule has 2 saturated heterocycles. The number of morpholine rings is 1. The molecular formula is C22H38N6O. The predicted octanol–water partition coefficient (Wildman–Crippen LogP) is 1.88. The summed E-state index contributed by atoms with van der Waals surface area (Å²) in [6.07, 6.45) is 2.20. The van der Waals surface area contributed by atoms with Gasteiger partial charge >= 0.3 is 0 Å². The minimum atomic E-state index is 0.461. The van der Waals surface area contributed by atoms with Crippen molar-refractivity contribution in [2.45, 2.75) is 39.7 Å². The first-order chi connectivity index (χ1) is 14.1. The largest absolute Gasteiger partial charge is 0.379 e. The number of piperidine rings is 1. The molecule has 0 bridgehead atoms. The number of nitrogens with one attached hydrogen (secondary N) is 2. The lowest BCUT2D eigenvalue weighted by Crippen LogP contribution is -2.49. The number of aromatic nitrogens is 1. The molecule has 1 aromatic rings. The van der Waals surface area contributed by atoms with Crippen LogP contribution >= 0.6 is 0 Å². The first-order valence-electron chi connectivity index (χ1n) is 11.2. The van der Waals surface area contributed by atoms with E-state index in [0.29, 0.717) is 12.0 Å². The van der Waals surface area contributed by atoms with E-state index in [-0.39, 0.29) is 0 Å². The van der Waals surface area contributed by atoms with E-state index in [1.54, 1.807) is 0 Å². The molecule has 1 atom stereocenters. The molecule has 0 amide bonds. The van der Waals surface area contributed by atoms with E-state index in [1.807, 2.05) is 0 Å². The van der Waals surface area contributed by atoms with Crippen molar-refractivity contribution in [2.24, 2.45) is 10.9 Å². The topological polar surface area (TPSA) is 65.0 Å². The van der Waals surface area contributed by atoms with Gasteiger partial charge in [0.1, 0.15) is 5.82 Å². The molecule has 2 aliphatic rings. The number of nitrogens with zero attached hydrogens (tertiary/aromatic N) is 4. The van der Waals surface area contributed by atoms with Crippen LogP contribution in [0.25, 0.3) is 0 Å². The zero-order valence-corrected chi connectivity index (χ0v) is 18.4. The lowest BCUT2D eigenvalue weighted by Gasteiger charge is -2.34. The Balaban J connectivity index is 1.45. The van der Waals surface area contributed by atoms with Crippen LogP contribution in [0, 0.1) is 12.8 Å². The summed E-state index contributed by atoms with van der Waals surface area (Å²) in [6, 6.07) is 6.72. The van der Waals surface area contributed by atoms with Crippen molar-refractivity contribution in [1.82, 2.24) is 20.5 Å². The van der Waals surface area contributed by atoms with Gasteiger partial charge in [0.05, 0.1) is 13.2 Å². The van der Waals surface area contributed by atoms with Gasteiger partial charge in [-0.3, -0.25) is 9.89 Å². The van der Waals surface area contributed by atoms with Crippen LogP contribution in [-0.2, 0) is 4.74 Å². The molecule has 7 nitrogen and oxygen atoms in total. The van der Waals surface area contributed by atoms with Crippen LogP contribution < -0.4 is 15.5 Å². The van der Waals surface area contributed by atoms with Crippen molar-refractivity contribution in [2.75, 3.05) is 63.9 Å². The lowest BCUT2D eigenvalue weighted by atomic mass is 10.1. The highest BCUT2D eigenvalue weighted by Crippen LogP contribution is 2.18. The molecule has 3 heterocycles. The third kappa shape index (κ3) is 7.16. The number of hydrogen-bond donors (Lipinski definition) is 2. The van der Waals surface area contributed by atoms with E-state index in [1.165, 1.54) is 0 Å². The molecule has 0 saturated carbocycles. The molecule has 0 aromatic carbocycles. The zero-order valence-electron chi connectivity index (χ0n) is 18.4. The minimum absolute atomic E-state index is 0.461. The Morgan fingerprint density at radius 1 is 1.24 bits per heavy atom. The van der Waals surface area contributed by atoms with Crippen LogP contribution in [0.3, 0.4) is 0 Å². The molecule has 29 heavy (non-hydrogen) atoms. The smallest absolute Gasteiger partial charge is 0.191 e. The number of guanidine groups is 1. The fourth-order valence-electron chi connectivity index (χ4n) is 4.00. The predicted molar refractivity (Wildman–Crippen MR) is 120 cm³/mol. The Morgan fingerprint density at radius 3 is 2.69 bits per heavy atom. The molecule has 2 N–H and O–H groups in total. The van der Waals surface area contributed by atoms with Gasteiger partial charge in [-0.1, -0.05) is 13.0 Å². The highest BCUT2D eigenvalue weighted by Gasteiger charge is 2.21. The normalized spacial score (nSPS) is 20.5. The third-order valence-corrected chi connectivity index (χ3v) is 5.61. The van der Waals surface area contributed by atoms with E-state index in [9.17, 15) is 0 Å². The van der Waals surface area contributed by atoms with Crippen molar-refractivity contribution in [3.8, 4) is 0 Å². The average molecular weight is 403 g/mol. The second-order valence-corrected chi connectivity index (χ2v) is 8.28. The molecule has 162 valence electrons. The fourth-order valence-corrected chi connectivity index (χ4v) is 4.00. The first kappa shape index (κ1) is 21.8. The highest BCUT2D eigenvalue weighted by molar-refractivity contribution is 5.80. The number of aryl methyl sites for hydroxylation is 1. The molecule has 0 spiro atoms. The fraction of sp³-hybridized carbons (Fsp3) is 0.727. The van der Waals surface area contributed by atoms with E-state index in [0.717, 1.165) is 89.3 Å². The Kier molecular flexibility index (Phi) is 8.55.